The summed E-state index contributed by atoms with van der Waals surface area (Å²) in [6.45, 7) is 7.05. The number of hydrogen-bond donors (Lipinski definition) is 1. The second-order valence-corrected chi connectivity index (χ2v) is 5.19. The van der Waals surface area contributed by atoms with Crippen molar-refractivity contribution in [3.8, 4) is 0 Å². The van der Waals surface area contributed by atoms with E-state index in [1.165, 1.54) is 7.11 Å². The maximum absolute atomic E-state index is 11.9. The lowest BCUT2D eigenvalue weighted by atomic mass is 9.94. The van der Waals surface area contributed by atoms with Crippen molar-refractivity contribution in [1.29, 1.82) is 0 Å². The molecule has 0 spiro atoms. The molecule has 1 heterocycles. The lowest BCUT2D eigenvalue weighted by molar-refractivity contribution is -0.154. The number of nitrogens with one attached hydrogen (secondary N) is 1. The molecule has 1 amide bonds. The van der Waals surface area contributed by atoms with Crippen molar-refractivity contribution >= 4 is 11.9 Å². The van der Waals surface area contributed by atoms with Crippen LogP contribution in [0.15, 0.2) is 0 Å². The smallest absolute Gasteiger partial charge is 0.323 e. The van der Waals surface area contributed by atoms with E-state index in [-0.39, 0.29) is 17.9 Å². The van der Waals surface area contributed by atoms with Crippen LogP contribution in [0.2, 0.25) is 0 Å². The number of ether oxygens (including phenoxy) is 1. The number of carbonyl (C=O) groups is 2. The normalized spacial score (nSPS) is 21.2. The maximum atomic E-state index is 11.9. The molecule has 18 heavy (non-hydrogen) atoms. The predicted molar refractivity (Wildman–Crippen MR) is 69.1 cm³/mol. The highest BCUT2D eigenvalue weighted by atomic mass is 16.5. The molecule has 0 aromatic carbocycles. The van der Waals surface area contributed by atoms with Gasteiger partial charge in [0.05, 0.1) is 12.6 Å². The fourth-order valence-electron chi connectivity index (χ4n) is 2.40. The number of amides is 1. The zero-order chi connectivity index (χ0) is 13.8. The van der Waals surface area contributed by atoms with E-state index in [1.54, 1.807) is 0 Å². The molecule has 0 aromatic rings. The Kier molecular flexibility index (Phi) is 5.14. The molecule has 0 saturated carbocycles. The molecule has 0 radical (unpaired) electrons. The molecule has 5 nitrogen and oxygen atoms in total. The van der Waals surface area contributed by atoms with Crippen LogP contribution in [0.3, 0.4) is 0 Å². The number of esters is 1. The molecule has 0 bridgehead atoms. The highest BCUT2D eigenvalue weighted by Gasteiger charge is 2.43. The van der Waals surface area contributed by atoms with E-state index < -0.39 is 5.54 Å². The van der Waals surface area contributed by atoms with Crippen molar-refractivity contribution < 1.29 is 14.3 Å². The molecule has 1 rings (SSSR count). The van der Waals surface area contributed by atoms with Crippen molar-refractivity contribution in [2.75, 3.05) is 20.2 Å². The van der Waals surface area contributed by atoms with Gasteiger partial charge >= 0.3 is 5.97 Å². The summed E-state index contributed by atoms with van der Waals surface area (Å²) in [5.41, 5.74) is -0.662. The SMILES string of the molecule is CCCCC(C(=O)OC)N1CCNC(=O)C1(C)C. The van der Waals surface area contributed by atoms with Crippen molar-refractivity contribution in [2.45, 2.75) is 51.6 Å². The van der Waals surface area contributed by atoms with Gasteiger partial charge in [0.1, 0.15) is 6.04 Å². The van der Waals surface area contributed by atoms with Crippen LogP contribution in [0.5, 0.6) is 0 Å². The van der Waals surface area contributed by atoms with E-state index >= 15 is 0 Å². The third kappa shape index (κ3) is 3.02. The lowest BCUT2D eigenvalue weighted by Crippen LogP contribution is -2.65. The fourth-order valence-corrected chi connectivity index (χ4v) is 2.40. The summed E-state index contributed by atoms with van der Waals surface area (Å²) in [6.07, 6.45) is 2.71. The van der Waals surface area contributed by atoms with Gasteiger partial charge in [-0.1, -0.05) is 19.8 Å². The summed E-state index contributed by atoms with van der Waals surface area (Å²) < 4.78 is 4.88. The van der Waals surface area contributed by atoms with Crippen LogP contribution in [0.4, 0.5) is 0 Å². The molecule has 1 atom stereocenters. The van der Waals surface area contributed by atoms with Crippen LogP contribution in [-0.2, 0) is 14.3 Å². The third-order valence-electron chi connectivity index (χ3n) is 3.59. The van der Waals surface area contributed by atoms with Crippen LogP contribution >= 0.6 is 0 Å². The van der Waals surface area contributed by atoms with Crippen molar-refractivity contribution in [3.05, 3.63) is 0 Å². The van der Waals surface area contributed by atoms with Gasteiger partial charge in [-0.05, 0) is 20.3 Å². The molecular formula is C13H24N2O3. The minimum atomic E-state index is -0.662. The minimum absolute atomic E-state index is 0.0286. The van der Waals surface area contributed by atoms with Gasteiger partial charge in [0.15, 0.2) is 0 Å². The number of nitrogens with zero attached hydrogens (tertiary/aromatic N) is 1. The Balaban J connectivity index is 2.88. The Morgan fingerprint density at radius 2 is 2.22 bits per heavy atom. The average Bonchev–Trinajstić information content (AvgIpc) is 2.34. The molecule has 1 aliphatic rings. The quantitative estimate of drug-likeness (QED) is 0.743. The molecule has 1 saturated heterocycles. The topological polar surface area (TPSA) is 58.6 Å². The molecule has 1 unspecified atom stereocenters. The highest BCUT2D eigenvalue weighted by Crippen LogP contribution is 2.24. The molecule has 0 aromatic heterocycles. The van der Waals surface area contributed by atoms with E-state index in [0.29, 0.717) is 13.1 Å². The lowest BCUT2D eigenvalue weighted by Gasteiger charge is -2.44. The van der Waals surface area contributed by atoms with Gasteiger partial charge in [0, 0.05) is 13.1 Å². The molecule has 1 fully saturated rings. The van der Waals surface area contributed by atoms with Crippen molar-refractivity contribution in [2.24, 2.45) is 0 Å². The number of piperazine rings is 1. The molecule has 5 heteroatoms. The van der Waals surface area contributed by atoms with Gasteiger partial charge in [-0.3, -0.25) is 14.5 Å². The Hall–Kier alpha value is -1.10. The van der Waals surface area contributed by atoms with Crippen LogP contribution in [-0.4, -0.2) is 48.6 Å². The summed E-state index contributed by atoms with van der Waals surface area (Å²) in [7, 11) is 1.40. The van der Waals surface area contributed by atoms with Gasteiger partial charge in [0.2, 0.25) is 5.91 Å². The van der Waals surface area contributed by atoms with Crippen molar-refractivity contribution in [3.63, 3.8) is 0 Å². The zero-order valence-corrected chi connectivity index (χ0v) is 11.8. The van der Waals surface area contributed by atoms with Crippen LogP contribution in [0.1, 0.15) is 40.0 Å². The number of carbonyl (C=O) groups excluding carboxylic acids is 2. The van der Waals surface area contributed by atoms with Gasteiger partial charge in [-0.2, -0.15) is 0 Å². The monoisotopic (exact) mass is 256 g/mol. The highest BCUT2D eigenvalue weighted by molar-refractivity contribution is 5.87. The largest absolute Gasteiger partial charge is 0.468 e. The summed E-state index contributed by atoms with van der Waals surface area (Å²) in [5, 5.41) is 2.84. The van der Waals surface area contributed by atoms with Gasteiger partial charge in [-0.15, -0.1) is 0 Å². The first kappa shape index (κ1) is 15.0. The Morgan fingerprint density at radius 1 is 1.56 bits per heavy atom. The van der Waals surface area contributed by atoms with Crippen LogP contribution < -0.4 is 5.32 Å². The molecular weight excluding hydrogens is 232 g/mol. The maximum Gasteiger partial charge on any atom is 0.323 e. The van der Waals surface area contributed by atoms with E-state index in [0.717, 1.165) is 19.3 Å². The minimum Gasteiger partial charge on any atom is -0.468 e. The summed E-state index contributed by atoms with van der Waals surface area (Å²) in [4.78, 5) is 25.8. The molecule has 104 valence electrons. The van der Waals surface area contributed by atoms with Gasteiger partial charge in [-0.25, -0.2) is 0 Å². The van der Waals surface area contributed by atoms with Gasteiger partial charge < -0.3 is 10.1 Å². The standard InChI is InChI=1S/C13H24N2O3/c1-5-6-7-10(11(16)18-4)15-9-8-14-12(17)13(15,2)3/h10H,5-9H2,1-4H3,(H,14,17). The van der Waals surface area contributed by atoms with E-state index in [1.807, 2.05) is 18.7 Å². The van der Waals surface area contributed by atoms with Gasteiger partial charge in [0.25, 0.3) is 0 Å². The summed E-state index contributed by atoms with van der Waals surface area (Å²) >= 11 is 0. The Morgan fingerprint density at radius 3 is 2.78 bits per heavy atom. The first-order valence-electron chi connectivity index (χ1n) is 6.58. The number of hydrogen-bond acceptors (Lipinski definition) is 4. The first-order chi connectivity index (χ1) is 8.45. The summed E-state index contributed by atoms with van der Waals surface area (Å²) in [5.74, 6) is -0.273. The molecule has 0 aliphatic carbocycles. The molecule has 1 aliphatic heterocycles. The Labute approximate surface area is 109 Å². The van der Waals surface area contributed by atoms with Crippen LogP contribution in [0, 0.1) is 0 Å². The predicted octanol–water partition coefficient (Wildman–Crippen LogP) is 0.929. The summed E-state index contributed by atoms with van der Waals surface area (Å²) in [6, 6.07) is -0.323. The fraction of sp³-hybridized carbons (Fsp3) is 0.846. The third-order valence-corrected chi connectivity index (χ3v) is 3.59. The molecule has 1 N–H and O–H groups in total. The second-order valence-electron chi connectivity index (χ2n) is 5.19. The second kappa shape index (κ2) is 6.18. The number of methoxy groups -OCH3 is 1. The number of unbranched alkanes of at least 4 members (excludes halogenated alkanes) is 1. The Bertz CT molecular complexity index is 315. The van der Waals surface area contributed by atoms with Crippen molar-refractivity contribution in [1.82, 2.24) is 10.2 Å². The van der Waals surface area contributed by atoms with E-state index in [9.17, 15) is 9.59 Å². The van der Waals surface area contributed by atoms with Crippen LogP contribution in [0.25, 0.3) is 0 Å². The van der Waals surface area contributed by atoms with E-state index in [4.69, 9.17) is 4.74 Å². The zero-order valence-electron chi connectivity index (χ0n) is 11.8. The first-order valence-corrected chi connectivity index (χ1v) is 6.58. The van der Waals surface area contributed by atoms with E-state index in [2.05, 4.69) is 12.2 Å². The average molecular weight is 256 g/mol. The number of rotatable bonds is 5.